The lowest BCUT2D eigenvalue weighted by molar-refractivity contribution is 0.0940. The zero-order valence-corrected chi connectivity index (χ0v) is 9.84. The molecule has 1 amide bonds. The largest absolute Gasteiger partial charge is 0.409 e. The number of amidine groups is 1. The Morgan fingerprint density at radius 1 is 1.65 bits per heavy atom. The summed E-state index contributed by atoms with van der Waals surface area (Å²) in [5.41, 5.74) is 6.76. The van der Waals surface area contributed by atoms with Crippen LogP contribution in [0.2, 0.25) is 0 Å². The monoisotopic (exact) mass is 236 g/mol. The van der Waals surface area contributed by atoms with Crippen LogP contribution in [-0.2, 0) is 0 Å². The first-order valence-electron chi connectivity index (χ1n) is 5.22. The number of hydrogen-bond donors (Lipinski definition) is 3. The van der Waals surface area contributed by atoms with E-state index in [1.165, 1.54) is 6.20 Å². The van der Waals surface area contributed by atoms with Gasteiger partial charge in [0.1, 0.15) is 5.84 Å². The predicted octanol–water partition coefficient (Wildman–Crippen LogP) is 0.645. The Labute approximate surface area is 99.5 Å². The number of amides is 1. The van der Waals surface area contributed by atoms with Gasteiger partial charge in [-0.15, -0.1) is 0 Å². The fourth-order valence-corrected chi connectivity index (χ4v) is 1.39. The first-order chi connectivity index (χ1) is 8.02. The van der Waals surface area contributed by atoms with Gasteiger partial charge in [0.2, 0.25) is 0 Å². The van der Waals surface area contributed by atoms with Gasteiger partial charge < -0.3 is 16.3 Å². The van der Waals surface area contributed by atoms with Crippen LogP contribution in [0.3, 0.4) is 0 Å². The Morgan fingerprint density at radius 3 is 2.94 bits per heavy atom. The van der Waals surface area contributed by atoms with Crippen LogP contribution in [0.15, 0.2) is 23.6 Å². The van der Waals surface area contributed by atoms with E-state index < -0.39 is 0 Å². The maximum absolute atomic E-state index is 11.8. The third-order valence-corrected chi connectivity index (χ3v) is 2.16. The van der Waals surface area contributed by atoms with E-state index in [2.05, 4.69) is 15.5 Å². The number of aryl methyl sites for hydroxylation is 1. The van der Waals surface area contributed by atoms with Gasteiger partial charge in [-0.05, 0) is 25.5 Å². The normalized spacial score (nSPS) is 13.2. The van der Waals surface area contributed by atoms with E-state index in [-0.39, 0.29) is 17.8 Å². The van der Waals surface area contributed by atoms with Crippen LogP contribution in [0.25, 0.3) is 0 Å². The minimum absolute atomic E-state index is 0.0835. The molecule has 0 saturated heterocycles. The summed E-state index contributed by atoms with van der Waals surface area (Å²) in [6.45, 7) is 3.64. The first kappa shape index (κ1) is 13.0. The van der Waals surface area contributed by atoms with Crippen LogP contribution in [0.5, 0.6) is 0 Å². The molecule has 1 aromatic heterocycles. The molecule has 0 saturated carbocycles. The smallest absolute Gasteiger partial charge is 0.253 e. The highest BCUT2D eigenvalue weighted by molar-refractivity contribution is 5.94. The van der Waals surface area contributed by atoms with Crippen molar-refractivity contribution in [3.63, 3.8) is 0 Å². The van der Waals surface area contributed by atoms with E-state index in [9.17, 15) is 4.79 Å². The molecule has 0 aromatic carbocycles. The number of nitrogens with two attached hydrogens (primary N) is 1. The van der Waals surface area contributed by atoms with E-state index >= 15 is 0 Å². The van der Waals surface area contributed by atoms with Crippen molar-refractivity contribution in [3.8, 4) is 0 Å². The topological polar surface area (TPSA) is 101 Å². The predicted molar refractivity (Wildman–Crippen MR) is 63.9 cm³/mol. The van der Waals surface area contributed by atoms with Crippen LogP contribution in [0, 0.1) is 6.92 Å². The summed E-state index contributed by atoms with van der Waals surface area (Å²) >= 11 is 0. The lowest BCUT2D eigenvalue weighted by atomic mass is 10.1. The summed E-state index contributed by atoms with van der Waals surface area (Å²) < 4.78 is 0. The van der Waals surface area contributed by atoms with Crippen LogP contribution in [-0.4, -0.2) is 28.0 Å². The molecule has 6 nitrogen and oxygen atoms in total. The lowest BCUT2D eigenvalue weighted by Gasteiger charge is -2.12. The molecule has 1 atom stereocenters. The Balaban J connectivity index is 2.60. The van der Waals surface area contributed by atoms with E-state index in [1.807, 2.05) is 6.92 Å². The molecule has 0 bridgehead atoms. The van der Waals surface area contributed by atoms with E-state index in [0.29, 0.717) is 12.0 Å². The second kappa shape index (κ2) is 5.83. The summed E-state index contributed by atoms with van der Waals surface area (Å²) in [4.78, 5) is 15.7. The molecule has 0 aliphatic rings. The van der Waals surface area contributed by atoms with Crippen LogP contribution in [0.4, 0.5) is 0 Å². The molecule has 0 spiro atoms. The second-order valence-electron chi connectivity index (χ2n) is 3.92. The summed E-state index contributed by atoms with van der Waals surface area (Å²) in [6, 6.07) is 1.54. The molecule has 0 aliphatic carbocycles. The molecule has 0 fully saturated rings. The maximum atomic E-state index is 11.8. The number of carbonyl (C=O) groups is 1. The summed E-state index contributed by atoms with van der Waals surface area (Å²) in [6.07, 6.45) is 3.47. The Hall–Kier alpha value is -2.11. The molecule has 6 heteroatoms. The van der Waals surface area contributed by atoms with Gasteiger partial charge in [0.05, 0.1) is 5.56 Å². The standard InChI is InChI=1S/C11H16N4O2/c1-7-3-9(6-13-5-7)11(16)14-8(2)4-10(12)15-17/h3,5-6,8,17H,4H2,1-2H3,(H2,12,15)(H,14,16). The minimum Gasteiger partial charge on any atom is -0.409 e. The highest BCUT2D eigenvalue weighted by atomic mass is 16.4. The van der Waals surface area contributed by atoms with Gasteiger partial charge in [-0.1, -0.05) is 5.16 Å². The van der Waals surface area contributed by atoms with Gasteiger partial charge in [0, 0.05) is 24.9 Å². The van der Waals surface area contributed by atoms with Gasteiger partial charge in [0.15, 0.2) is 0 Å². The quantitative estimate of drug-likeness (QED) is 0.309. The average molecular weight is 236 g/mol. The average Bonchev–Trinajstić information content (AvgIpc) is 2.28. The number of rotatable bonds is 4. The van der Waals surface area contributed by atoms with Crippen LogP contribution in [0.1, 0.15) is 29.3 Å². The molecule has 92 valence electrons. The number of carbonyl (C=O) groups excluding carboxylic acids is 1. The number of aromatic nitrogens is 1. The molecular weight excluding hydrogens is 220 g/mol. The van der Waals surface area contributed by atoms with Crippen molar-refractivity contribution in [1.29, 1.82) is 0 Å². The summed E-state index contributed by atoms with van der Waals surface area (Å²) in [5, 5.41) is 14.0. The highest BCUT2D eigenvalue weighted by Gasteiger charge is 2.11. The first-order valence-corrected chi connectivity index (χ1v) is 5.22. The van der Waals surface area contributed by atoms with Crippen molar-refractivity contribution in [2.45, 2.75) is 26.3 Å². The number of nitrogens with one attached hydrogen (secondary N) is 1. The minimum atomic E-state index is -0.223. The van der Waals surface area contributed by atoms with Gasteiger partial charge in [-0.25, -0.2) is 0 Å². The fraction of sp³-hybridized carbons (Fsp3) is 0.364. The van der Waals surface area contributed by atoms with E-state index in [0.717, 1.165) is 5.56 Å². The molecule has 4 N–H and O–H groups in total. The molecule has 0 aliphatic heterocycles. The third-order valence-electron chi connectivity index (χ3n) is 2.16. The molecule has 1 rings (SSSR count). The SMILES string of the molecule is Cc1cncc(C(=O)NC(C)CC(N)=NO)c1. The van der Waals surface area contributed by atoms with Crippen molar-refractivity contribution in [1.82, 2.24) is 10.3 Å². The molecule has 17 heavy (non-hydrogen) atoms. The molecule has 1 unspecified atom stereocenters. The Bertz CT molecular complexity index is 431. The fourth-order valence-electron chi connectivity index (χ4n) is 1.39. The zero-order chi connectivity index (χ0) is 12.8. The van der Waals surface area contributed by atoms with Crippen LogP contribution < -0.4 is 11.1 Å². The highest BCUT2D eigenvalue weighted by Crippen LogP contribution is 2.02. The molecule has 1 aromatic rings. The molecule has 1 heterocycles. The van der Waals surface area contributed by atoms with E-state index in [1.54, 1.807) is 19.2 Å². The third kappa shape index (κ3) is 4.10. The number of pyridine rings is 1. The Morgan fingerprint density at radius 2 is 2.35 bits per heavy atom. The molecular formula is C11H16N4O2. The summed E-state index contributed by atoms with van der Waals surface area (Å²) in [7, 11) is 0. The van der Waals surface area contributed by atoms with Gasteiger partial charge in [0.25, 0.3) is 5.91 Å². The number of nitrogens with zero attached hydrogens (tertiary/aromatic N) is 2. The zero-order valence-electron chi connectivity index (χ0n) is 9.84. The molecule has 0 radical (unpaired) electrons. The van der Waals surface area contributed by atoms with Crippen molar-refractivity contribution in [3.05, 3.63) is 29.6 Å². The lowest BCUT2D eigenvalue weighted by Crippen LogP contribution is -2.35. The van der Waals surface area contributed by atoms with Gasteiger partial charge in [-0.2, -0.15) is 0 Å². The van der Waals surface area contributed by atoms with Crippen molar-refractivity contribution >= 4 is 11.7 Å². The van der Waals surface area contributed by atoms with Crippen molar-refractivity contribution < 1.29 is 10.0 Å². The second-order valence-corrected chi connectivity index (χ2v) is 3.92. The van der Waals surface area contributed by atoms with E-state index in [4.69, 9.17) is 10.9 Å². The maximum Gasteiger partial charge on any atom is 0.253 e. The number of oxime groups is 1. The number of hydrogen-bond acceptors (Lipinski definition) is 4. The van der Waals surface area contributed by atoms with Crippen molar-refractivity contribution in [2.24, 2.45) is 10.9 Å². The van der Waals surface area contributed by atoms with Crippen LogP contribution >= 0.6 is 0 Å². The van der Waals surface area contributed by atoms with Gasteiger partial charge >= 0.3 is 0 Å². The summed E-state index contributed by atoms with van der Waals surface area (Å²) in [5.74, 6) is -0.139. The van der Waals surface area contributed by atoms with Gasteiger partial charge in [-0.3, -0.25) is 9.78 Å². The Kier molecular flexibility index (Phi) is 4.45. The van der Waals surface area contributed by atoms with Crippen molar-refractivity contribution in [2.75, 3.05) is 0 Å².